The van der Waals surface area contributed by atoms with E-state index in [4.69, 9.17) is 12.2 Å². The summed E-state index contributed by atoms with van der Waals surface area (Å²) in [6, 6.07) is 3.70. The van der Waals surface area contributed by atoms with Gasteiger partial charge >= 0.3 is 0 Å². The Bertz CT molecular complexity index is 1040. The third kappa shape index (κ3) is 5.15. The van der Waals surface area contributed by atoms with Crippen molar-refractivity contribution >= 4 is 23.1 Å². The highest BCUT2D eigenvalue weighted by atomic mass is 32.1. The number of thiocarbonyl (C=S) groups is 1. The van der Waals surface area contributed by atoms with Crippen LogP contribution in [0.3, 0.4) is 0 Å². The second kappa shape index (κ2) is 9.24. The summed E-state index contributed by atoms with van der Waals surface area (Å²) in [7, 11) is 0. The van der Waals surface area contributed by atoms with E-state index in [1.54, 1.807) is 0 Å². The first-order valence-corrected chi connectivity index (χ1v) is 9.56. The third-order valence-electron chi connectivity index (χ3n) is 4.34. The Morgan fingerprint density at radius 2 is 1.77 bits per heavy atom. The first-order chi connectivity index (χ1) is 14.2. The molecule has 6 nitrogen and oxygen atoms in total. The number of aryl methyl sites for hydroxylation is 3. The Balaban J connectivity index is 1.51. The van der Waals surface area contributed by atoms with Gasteiger partial charge in [0, 0.05) is 37.1 Å². The average Bonchev–Trinajstić information content (AvgIpc) is 3.26. The molecule has 30 heavy (non-hydrogen) atoms. The third-order valence-corrected chi connectivity index (χ3v) is 4.59. The Morgan fingerprint density at radius 1 is 1.07 bits per heavy atom. The quantitative estimate of drug-likeness (QED) is 0.254. The van der Waals surface area contributed by atoms with Crippen molar-refractivity contribution < 1.29 is 17.6 Å². The summed E-state index contributed by atoms with van der Waals surface area (Å²) in [5, 5.41) is 14.6. The summed E-state index contributed by atoms with van der Waals surface area (Å²) in [4.78, 5) is 0. The van der Waals surface area contributed by atoms with Crippen molar-refractivity contribution in [3.63, 3.8) is 0 Å². The summed E-state index contributed by atoms with van der Waals surface area (Å²) >= 11 is 5.20. The smallest absolute Gasteiger partial charge is 0.171 e. The van der Waals surface area contributed by atoms with Crippen LogP contribution in [-0.4, -0.2) is 31.2 Å². The molecule has 0 fully saturated rings. The van der Waals surface area contributed by atoms with Crippen LogP contribution >= 0.6 is 12.2 Å². The summed E-state index contributed by atoms with van der Waals surface area (Å²) in [5.74, 6) is -5.48. The Labute approximate surface area is 175 Å². The van der Waals surface area contributed by atoms with Gasteiger partial charge in [0.2, 0.25) is 0 Å². The van der Waals surface area contributed by atoms with Crippen molar-refractivity contribution in [2.24, 2.45) is 0 Å². The molecule has 0 aliphatic heterocycles. The van der Waals surface area contributed by atoms with E-state index in [2.05, 4.69) is 20.8 Å². The second-order valence-corrected chi connectivity index (χ2v) is 7.14. The fourth-order valence-corrected chi connectivity index (χ4v) is 3.14. The van der Waals surface area contributed by atoms with Gasteiger partial charge in [-0.05, 0) is 38.6 Å². The van der Waals surface area contributed by atoms with Gasteiger partial charge in [0.05, 0.1) is 17.8 Å². The molecule has 0 aliphatic rings. The van der Waals surface area contributed by atoms with Crippen LogP contribution in [0.25, 0.3) is 0 Å². The normalized spacial score (nSPS) is 11.0. The summed E-state index contributed by atoms with van der Waals surface area (Å²) < 4.78 is 57.3. The number of hydrogen-bond acceptors (Lipinski definition) is 3. The van der Waals surface area contributed by atoms with E-state index in [1.165, 1.54) is 12.3 Å². The van der Waals surface area contributed by atoms with Crippen molar-refractivity contribution in [3.05, 3.63) is 64.6 Å². The molecule has 2 N–H and O–H groups in total. The predicted molar refractivity (Wildman–Crippen MR) is 108 cm³/mol. The molecule has 0 unspecified atom stereocenters. The van der Waals surface area contributed by atoms with Gasteiger partial charge in [0.25, 0.3) is 0 Å². The topological polar surface area (TPSA) is 59.7 Å². The highest BCUT2D eigenvalue weighted by Gasteiger charge is 2.19. The van der Waals surface area contributed by atoms with E-state index in [9.17, 15) is 17.6 Å². The molecular formula is C19H20F4N6S. The number of nitrogens with one attached hydrogen (secondary N) is 2. The van der Waals surface area contributed by atoms with Gasteiger partial charge < -0.3 is 10.6 Å². The highest BCUT2D eigenvalue weighted by Crippen LogP contribution is 2.20. The Morgan fingerprint density at radius 3 is 2.40 bits per heavy atom. The molecule has 160 valence electrons. The van der Waals surface area contributed by atoms with Crippen molar-refractivity contribution in [3.8, 4) is 0 Å². The first kappa shape index (κ1) is 21.8. The lowest BCUT2D eigenvalue weighted by Crippen LogP contribution is -2.30. The van der Waals surface area contributed by atoms with Crippen LogP contribution in [0.1, 0.15) is 23.4 Å². The number of anilines is 1. The lowest BCUT2D eigenvalue weighted by atomic mass is 10.2. The SMILES string of the molecule is Cc1cc(C)n(CCCNC(=S)Nc2ccn(Cc3c(F)c(F)cc(F)c3F)n2)n1. The molecule has 3 rings (SSSR count). The maximum atomic E-state index is 13.8. The number of rotatable bonds is 7. The van der Waals surface area contributed by atoms with Crippen LogP contribution in [0.4, 0.5) is 23.4 Å². The van der Waals surface area contributed by atoms with E-state index < -0.39 is 35.4 Å². The standard InChI is InChI=1S/C19H20F4N6S/c1-11-8-12(2)29(26-11)6-3-5-24-19(30)25-16-4-7-28(27-16)10-13-17(22)14(20)9-15(21)18(13)23/h4,7-9H,3,5-6,10H2,1-2H3,(H2,24,25,27,30). The van der Waals surface area contributed by atoms with Gasteiger partial charge in [-0.1, -0.05) is 0 Å². The van der Waals surface area contributed by atoms with Gasteiger partial charge in [-0.25, -0.2) is 17.6 Å². The zero-order valence-corrected chi connectivity index (χ0v) is 17.2. The lowest BCUT2D eigenvalue weighted by molar-refractivity contribution is 0.431. The molecule has 0 amide bonds. The minimum Gasteiger partial charge on any atom is -0.362 e. The van der Waals surface area contributed by atoms with E-state index in [1.807, 2.05) is 24.6 Å². The maximum Gasteiger partial charge on any atom is 0.171 e. The van der Waals surface area contributed by atoms with Gasteiger partial charge in [0.1, 0.15) is 0 Å². The number of halogens is 4. The molecule has 0 saturated carbocycles. The van der Waals surface area contributed by atoms with Crippen LogP contribution in [0, 0.1) is 37.1 Å². The molecular weight excluding hydrogens is 420 g/mol. The maximum absolute atomic E-state index is 13.8. The number of aromatic nitrogens is 4. The lowest BCUT2D eigenvalue weighted by Gasteiger charge is -2.09. The van der Waals surface area contributed by atoms with Gasteiger partial charge in [-0.3, -0.25) is 9.36 Å². The summed E-state index contributed by atoms with van der Waals surface area (Å²) in [6.07, 6.45) is 2.21. The average molecular weight is 440 g/mol. The van der Waals surface area contributed by atoms with E-state index >= 15 is 0 Å². The number of nitrogens with zero attached hydrogens (tertiary/aromatic N) is 4. The monoisotopic (exact) mass is 440 g/mol. The van der Waals surface area contributed by atoms with Crippen molar-refractivity contribution in [1.29, 1.82) is 0 Å². The van der Waals surface area contributed by atoms with Crippen LogP contribution in [0.5, 0.6) is 0 Å². The largest absolute Gasteiger partial charge is 0.362 e. The summed E-state index contributed by atoms with van der Waals surface area (Å²) in [6.45, 7) is 4.80. The van der Waals surface area contributed by atoms with E-state index in [-0.39, 0.29) is 6.07 Å². The van der Waals surface area contributed by atoms with Gasteiger partial charge in [-0.15, -0.1) is 0 Å². The molecule has 0 spiro atoms. The van der Waals surface area contributed by atoms with E-state index in [0.29, 0.717) is 17.5 Å². The van der Waals surface area contributed by atoms with Crippen LogP contribution < -0.4 is 10.6 Å². The zero-order chi connectivity index (χ0) is 21.8. The van der Waals surface area contributed by atoms with Crippen molar-refractivity contribution in [2.75, 3.05) is 11.9 Å². The van der Waals surface area contributed by atoms with Crippen molar-refractivity contribution in [2.45, 2.75) is 33.4 Å². The molecule has 0 saturated heterocycles. The molecule has 0 atom stereocenters. The highest BCUT2D eigenvalue weighted by molar-refractivity contribution is 7.80. The molecule has 2 aromatic heterocycles. The van der Waals surface area contributed by atoms with Crippen LogP contribution in [0.15, 0.2) is 24.4 Å². The van der Waals surface area contributed by atoms with Gasteiger partial charge in [0.15, 0.2) is 34.2 Å². The number of benzene rings is 1. The van der Waals surface area contributed by atoms with Crippen molar-refractivity contribution in [1.82, 2.24) is 24.9 Å². The van der Waals surface area contributed by atoms with E-state index in [0.717, 1.165) is 29.0 Å². The molecule has 2 heterocycles. The Kier molecular flexibility index (Phi) is 6.70. The molecule has 3 aromatic rings. The molecule has 0 aliphatic carbocycles. The Hall–Kier alpha value is -2.95. The number of hydrogen-bond donors (Lipinski definition) is 2. The van der Waals surface area contributed by atoms with Gasteiger partial charge in [-0.2, -0.15) is 10.2 Å². The minimum atomic E-state index is -1.46. The molecule has 1 aromatic carbocycles. The minimum absolute atomic E-state index is 0.170. The zero-order valence-electron chi connectivity index (χ0n) is 16.3. The second-order valence-electron chi connectivity index (χ2n) is 6.73. The van der Waals surface area contributed by atoms with Crippen LogP contribution in [-0.2, 0) is 13.1 Å². The summed E-state index contributed by atoms with van der Waals surface area (Å²) in [5.41, 5.74) is 1.31. The predicted octanol–water partition coefficient (Wildman–Crippen LogP) is 3.68. The molecule has 0 radical (unpaired) electrons. The molecule has 0 bridgehead atoms. The molecule has 11 heteroatoms. The fraction of sp³-hybridized carbons (Fsp3) is 0.316. The van der Waals surface area contributed by atoms with Crippen LogP contribution in [0.2, 0.25) is 0 Å². The fourth-order valence-electron chi connectivity index (χ4n) is 2.93. The first-order valence-electron chi connectivity index (χ1n) is 9.16.